The number of nitrogens with zero attached hydrogens (tertiary/aromatic N) is 1. The molecular formula is C13H13FN2O3S. The van der Waals surface area contributed by atoms with Crippen LogP contribution in [0, 0.1) is 17.1 Å². The molecule has 0 radical (unpaired) electrons. The first-order valence-corrected chi connectivity index (χ1v) is 6.89. The molecule has 1 aromatic rings. The van der Waals surface area contributed by atoms with Gasteiger partial charge in [-0.25, -0.2) is 4.39 Å². The Hall–Kier alpha value is -2.07. The maximum atomic E-state index is 12.7. The number of esters is 1. The summed E-state index contributed by atoms with van der Waals surface area (Å²) in [7, 11) is 0. The molecule has 1 amide bonds. The predicted molar refractivity (Wildman–Crippen MR) is 73.5 cm³/mol. The Morgan fingerprint density at radius 2 is 2.05 bits per heavy atom. The lowest BCUT2D eigenvalue weighted by Gasteiger charge is -2.06. The largest absolute Gasteiger partial charge is 0.447 e. The second-order valence-corrected chi connectivity index (χ2v) is 4.79. The Balaban J connectivity index is 2.25. The molecule has 0 aliphatic heterocycles. The van der Waals surface area contributed by atoms with Crippen molar-refractivity contribution in [2.75, 3.05) is 16.8 Å². The van der Waals surface area contributed by atoms with E-state index < -0.39 is 12.1 Å². The molecule has 1 rings (SSSR count). The number of anilines is 1. The van der Waals surface area contributed by atoms with E-state index in [4.69, 9.17) is 10.00 Å². The number of nitrogens with one attached hydrogen (secondary N) is 1. The lowest BCUT2D eigenvalue weighted by Crippen LogP contribution is -2.18. The molecule has 0 spiro atoms. The van der Waals surface area contributed by atoms with Crippen molar-refractivity contribution in [3.63, 3.8) is 0 Å². The van der Waals surface area contributed by atoms with Gasteiger partial charge in [-0.15, -0.1) is 11.8 Å². The van der Waals surface area contributed by atoms with Gasteiger partial charge in [0.1, 0.15) is 11.9 Å². The lowest BCUT2D eigenvalue weighted by atomic mass is 10.3. The van der Waals surface area contributed by atoms with Crippen molar-refractivity contribution >= 4 is 29.3 Å². The number of halogens is 1. The summed E-state index contributed by atoms with van der Waals surface area (Å²) < 4.78 is 17.4. The molecule has 1 atom stereocenters. The van der Waals surface area contributed by atoms with Crippen LogP contribution in [0.3, 0.4) is 0 Å². The van der Waals surface area contributed by atoms with Crippen LogP contribution < -0.4 is 5.32 Å². The molecule has 0 aliphatic rings. The van der Waals surface area contributed by atoms with Gasteiger partial charge in [-0.2, -0.15) is 5.26 Å². The molecule has 7 heteroatoms. The normalized spacial score (nSPS) is 11.2. The highest BCUT2D eigenvalue weighted by Gasteiger charge is 2.10. The van der Waals surface area contributed by atoms with Gasteiger partial charge in [0.2, 0.25) is 5.91 Å². The van der Waals surface area contributed by atoms with E-state index in [0.29, 0.717) is 5.69 Å². The third kappa shape index (κ3) is 6.20. The summed E-state index contributed by atoms with van der Waals surface area (Å²) in [5, 5.41) is 11.0. The molecular weight excluding hydrogens is 283 g/mol. The molecule has 5 nitrogen and oxygen atoms in total. The third-order valence-electron chi connectivity index (χ3n) is 2.07. The zero-order valence-corrected chi connectivity index (χ0v) is 11.6. The van der Waals surface area contributed by atoms with Gasteiger partial charge in [0.25, 0.3) is 0 Å². The highest BCUT2D eigenvalue weighted by Crippen LogP contribution is 2.09. The number of benzene rings is 1. The summed E-state index contributed by atoms with van der Waals surface area (Å²) in [6.07, 6.45) is -0.795. The maximum Gasteiger partial charge on any atom is 0.317 e. The van der Waals surface area contributed by atoms with Gasteiger partial charge in [0, 0.05) is 5.69 Å². The number of thioether (sulfide) groups is 1. The second kappa shape index (κ2) is 8.17. The third-order valence-corrected chi connectivity index (χ3v) is 2.98. The van der Waals surface area contributed by atoms with Crippen LogP contribution in [0.4, 0.5) is 10.1 Å². The molecule has 0 bridgehead atoms. The van der Waals surface area contributed by atoms with Crippen LogP contribution in [0.15, 0.2) is 24.3 Å². The van der Waals surface area contributed by atoms with Crippen molar-refractivity contribution in [1.82, 2.24) is 0 Å². The van der Waals surface area contributed by atoms with E-state index in [1.807, 2.05) is 0 Å². The number of ether oxygens (including phenoxy) is 1. The molecule has 0 unspecified atom stereocenters. The Bertz CT molecular complexity index is 513. The van der Waals surface area contributed by atoms with Crippen molar-refractivity contribution < 1.29 is 18.7 Å². The van der Waals surface area contributed by atoms with Crippen molar-refractivity contribution in [2.24, 2.45) is 0 Å². The van der Waals surface area contributed by atoms with E-state index in [9.17, 15) is 14.0 Å². The fourth-order valence-electron chi connectivity index (χ4n) is 1.21. The Morgan fingerprint density at radius 3 is 2.65 bits per heavy atom. The zero-order valence-electron chi connectivity index (χ0n) is 10.8. The number of rotatable bonds is 6. The van der Waals surface area contributed by atoms with E-state index in [-0.39, 0.29) is 23.2 Å². The fraction of sp³-hybridized carbons (Fsp3) is 0.308. The molecule has 0 fully saturated rings. The van der Waals surface area contributed by atoms with E-state index >= 15 is 0 Å². The molecule has 1 N–H and O–H groups in total. The molecule has 0 saturated carbocycles. The highest BCUT2D eigenvalue weighted by atomic mass is 32.2. The number of carbonyl (C=O) groups is 2. The van der Waals surface area contributed by atoms with Gasteiger partial charge in [-0.05, 0) is 31.2 Å². The number of carbonyl (C=O) groups excluding carboxylic acids is 2. The summed E-state index contributed by atoms with van der Waals surface area (Å²) in [6.45, 7) is 1.46. The zero-order chi connectivity index (χ0) is 15.0. The molecule has 0 saturated heterocycles. The van der Waals surface area contributed by atoms with Crippen molar-refractivity contribution in [3.05, 3.63) is 30.1 Å². The van der Waals surface area contributed by atoms with Crippen molar-refractivity contribution in [3.8, 4) is 6.07 Å². The van der Waals surface area contributed by atoms with Gasteiger partial charge < -0.3 is 10.1 Å². The van der Waals surface area contributed by atoms with Gasteiger partial charge >= 0.3 is 5.97 Å². The molecule has 0 aromatic heterocycles. The standard InChI is InChI=1S/C13H13FN2O3S/c1-9(6-15)19-13(18)8-20-7-12(17)16-11-4-2-10(14)3-5-11/h2-5,9H,7-8H2,1H3,(H,16,17)/t9-/m1/s1. The summed E-state index contributed by atoms with van der Waals surface area (Å²) in [4.78, 5) is 22.7. The Kier molecular flexibility index (Phi) is 6.53. The van der Waals surface area contributed by atoms with Crippen molar-refractivity contribution in [1.29, 1.82) is 5.26 Å². The van der Waals surface area contributed by atoms with E-state index in [1.54, 1.807) is 6.07 Å². The van der Waals surface area contributed by atoms with Crippen LogP contribution in [0.25, 0.3) is 0 Å². The molecule has 20 heavy (non-hydrogen) atoms. The quantitative estimate of drug-likeness (QED) is 0.812. The van der Waals surface area contributed by atoms with Crippen LogP contribution in [0.1, 0.15) is 6.92 Å². The van der Waals surface area contributed by atoms with E-state index in [0.717, 1.165) is 11.8 Å². The number of nitriles is 1. The molecule has 0 aliphatic carbocycles. The molecule has 1 aromatic carbocycles. The van der Waals surface area contributed by atoms with Crippen LogP contribution in [-0.2, 0) is 14.3 Å². The van der Waals surface area contributed by atoms with Gasteiger partial charge in [-0.1, -0.05) is 0 Å². The number of amides is 1. The Morgan fingerprint density at radius 1 is 1.40 bits per heavy atom. The minimum Gasteiger partial charge on any atom is -0.447 e. The smallest absolute Gasteiger partial charge is 0.317 e. The maximum absolute atomic E-state index is 12.7. The Labute approximate surface area is 120 Å². The van der Waals surface area contributed by atoms with Crippen LogP contribution in [0.2, 0.25) is 0 Å². The van der Waals surface area contributed by atoms with Gasteiger partial charge in [-0.3, -0.25) is 9.59 Å². The first kappa shape index (κ1) is 16.0. The minimum absolute atomic E-state index is 0.0111. The highest BCUT2D eigenvalue weighted by molar-refractivity contribution is 8.00. The monoisotopic (exact) mass is 296 g/mol. The van der Waals surface area contributed by atoms with E-state index in [2.05, 4.69) is 5.32 Å². The number of hydrogen-bond acceptors (Lipinski definition) is 5. The summed E-state index contributed by atoms with van der Waals surface area (Å²) in [5.41, 5.74) is 0.484. The average Bonchev–Trinajstić information content (AvgIpc) is 2.41. The van der Waals surface area contributed by atoms with Crippen molar-refractivity contribution in [2.45, 2.75) is 13.0 Å². The first-order chi connectivity index (χ1) is 9.51. The van der Waals surface area contributed by atoms with Gasteiger partial charge in [0.15, 0.2) is 6.10 Å². The van der Waals surface area contributed by atoms with Crippen LogP contribution in [0.5, 0.6) is 0 Å². The summed E-state index contributed by atoms with van der Waals surface area (Å²) in [5.74, 6) is -1.18. The summed E-state index contributed by atoms with van der Waals surface area (Å²) in [6, 6.07) is 7.14. The van der Waals surface area contributed by atoms with E-state index in [1.165, 1.54) is 31.2 Å². The summed E-state index contributed by atoms with van der Waals surface area (Å²) >= 11 is 1.07. The fourth-order valence-corrected chi connectivity index (χ4v) is 1.81. The first-order valence-electron chi connectivity index (χ1n) is 5.73. The molecule has 0 heterocycles. The minimum atomic E-state index is -0.795. The second-order valence-electron chi connectivity index (χ2n) is 3.81. The van der Waals surface area contributed by atoms with Gasteiger partial charge in [0.05, 0.1) is 11.5 Å². The average molecular weight is 296 g/mol. The van der Waals surface area contributed by atoms with Crippen LogP contribution in [-0.4, -0.2) is 29.5 Å². The van der Waals surface area contributed by atoms with Crippen LogP contribution >= 0.6 is 11.8 Å². The number of hydrogen-bond donors (Lipinski definition) is 1. The SMILES string of the molecule is C[C@H](C#N)OC(=O)CSCC(=O)Nc1ccc(F)cc1. The topological polar surface area (TPSA) is 79.2 Å². The lowest BCUT2D eigenvalue weighted by molar-refractivity contribution is -0.142. The predicted octanol–water partition coefficient (Wildman–Crippen LogP) is 1.95. The molecule has 106 valence electrons.